The molecule has 1 heterocycles. The topological polar surface area (TPSA) is 26.1 Å². The summed E-state index contributed by atoms with van der Waals surface area (Å²) in [6.45, 7) is 0. The van der Waals surface area contributed by atoms with E-state index >= 15 is 0 Å². The van der Waals surface area contributed by atoms with Crippen LogP contribution in [0.5, 0.6) is 0 Å². The predicted molar refractivity (Wildman–Crippen MR) is 28.3 cm³/mol. The maximum absolute atomic E-state index is 5.40. The molecule has 2 nitrogen and oxygen atoms in total. The molecule has 0 aromatic heterocycles. The summed E-state index contributed by atoms with van der Waals surface area (Å²) in [5.74, 6) is 0. The summed E-state index contributed by atoms with van der Waals surface area (Å²) < 4.78 is 0. The molecular formula is C4H4ClN2. The second-order valence-corrected chi connectivity index (χ2v) is 1.48. The number of halogens is 1. The Bertz CT molecular complexity index is 117. The van der Waals surface area contributed by atoms with Gasteiger partial charge in [0.25, 0.3) is 0 Å². The van der Waals surface area contributed by atoms with E-state index in [9.17, 15) is 0 Å². The standard InChI is InChI=1S/C4H4ClN2/c5-4-2-1-3-6-7-4/h1-3,6H. The molecule has 0 spiro atoms. The van der Waals surface area contributed by atoms with Gasteiger partial charge in [-0.25, -0.2) is 0 Å². The molecule has 1 aliphatic heterocycles. The number of rotatable bonds is 0. The molecule has 0 unspecified atom stereocenters. The van der Waals surface area contributed by atoms with E-state index in [0.717, 1.165) is 0 Å². The predicted octanol–water partition coefficient (Wildman–Crippen LogP) is 0.703. The molecule has 0 amide bonds. The minimum atomic E-state index is 0.488. The van der Waals surface area contributed by atoms with Crippen molar-refractivity contribution in [2.24, 2.45) is 0 Å². The molecule has 1 aliphatic rings. The van der Waals surface area contributed by atoms with Gasteiger partial charge in [0.05, 0.1) is 0 Å². The van der Waals surface area contributed by atoms with E-state index in [-0.39, 0.29) is 0 Å². The van der Waals surface area contributed by atoms with Crippen LogP contribution in [0.1, 0.15) is 0 Å². The summed E-state index contributed by atoms with van der Waals surface area (Å²) in [5.41, 5.74) is 6.20. The molecule has 0 fully saturated rings. The number of hydrogen-bond donors (Lipinski definition) is 1. The molecule has 0 saturated heterocycles. The molecule has 7 heavy (non-hydrogen) atoms. The molecule has 1 N–H and O–H groups in total. The Kier molecular flexibility index (Phi) is 1.22. The van der Waals surface area contributed by atoms with Gasteiger partial charge in [-0.05, 0) is 12.2 Å². The monoisotopic (exact) mass is 115 g/mol. The number of nitrogens with zero attached hydrogens (tertiary/aromatic N) is 1. The fourth-order valence-electron chi connectivity index (χ4n) is 0.307. The fraction of sp³-hybridized carbons (Fsp3) is 0. The van der Waals surface area contributed by atoms with Gasteiger partial charge in [-0.15, -0.1) is 0 Å². The Morgan fingerprint density at radius 2 is 2.57 bits per heavy atom. The van der Waals surface area contributed by atoms with Crippen molar-refractivity contribution in [3.8, 4) is 0 Å². The molecule has 0 atom stereocenters. The Labute approximate surface area is 46.8 Å². The third-order valence-electron chi connectivity index (χ3n) is 0.576. The maximum atomic E-state index is 5.40. The zero-order valence-electron chi connectivity index (χ0n) is 3.56. The average molecular weight is 116 g/mol. The van der Waals surface area contributed by atoms with Crippen molar-refractivity contribution in [3.05, 3.63) is 23.5 Å². The molecule has 0 aromatic rings. The Balaban J connectivity index is 2.57. The highest BCUT2D eigenvalue weighted by Gasteiger charge is 1.89. The van der Waals surface area contributed by atoms with Crippen LogP contribution >= 0.6 is 11.6 Å². The van der Waals surface area contributed by atoms with Crippen LogP contribution in [0.4, 0.5) is 0 Å². The van der Waals surface area contributed by atoms with E-state index in [1.165, 1.54) is 0 Å². The highest BCUT2D eigenvalue weighted by Crippen LogP contribution is 1.97. The van der Waals surface area contributed by atoms with Crippen LogP contribution in [0.15, 0.2) is 23.5 Å². The largest absolute Gasteiger partial charge is 0.284 e. The average Bonchev–Trinajstić information content (AvgIpc) is 1.69. The first-order valence-electron chi connectivity index (χ1n) is 1.88. The van der Waals surface area contributed by atoms with Crippen LogP contribution in [0.25, 0.3) is 0 Å². The number of hydrogen-bond acceptors (Lipinski definition) is 1. The van der Waals surface area contributed by atoms with Crippen molar-refractivity contribution >= 4 is 11.6 Å². The maximum Gasteiger partial charge on any atom is 0.149 e. The Hall–Kier alpha value is -0.630. The second kappa shape index (κ2) is 1.89. The lowest BCUT2D eigenvalue weighted by atomic mass is 10.5. The van der Waals surface area contributed by atoms with Gasteiger partial charge in [-0.1, -0.05) is 11.6 Å². The van der Waals surface area contributed by atoms with Crippen molar-refractivity contribution in [2.45, 2.75) is 0 Å². The van der Waals surface area contributed by atoms with E-state index in [1.807, 2.05) is 0 Å². The third kappa shape index (κ3) is 1.12. The summed E-state index contributed by atoms with van der Waals surface area (Å²) in [7, 11) is 0. The first kappa shape index (κ1) is 4.53. The summed E-state index contributed by atoms with van der Waals surface area (Å²) in [6, 6.07) is 0. The van der Waals surface area contributed by atoms with E-state index in [0.29, 0.717) is 5.16 Å². The molecule has 1 radical (unpaired) electrons. The van der Waals surface area contributed by atoms with Gasteiger partial charge in [0, 0.05) is 6.20 Å². The van der Waals surface area contributed by atoms with Gasteiger partial charge in [-0.3, -0.25) is 5.43 Å². The van der Waals surface area contributed by atoms with Crippen molar-refractivity contribution < 1.29 is 0 Å². The highest BCUT2D eigenvalue weighted by atomic mass is 35.5. The van der Waals surface area contributed by atoms with Crippen molar-refractivity contribution in [1.82, 2.24) is 10.9 Å². The van der Waals surface area contributed by atoms with Crippen molar-refractivity contribution in [2.75, 3.05) is 0 Å². The van der Waals surface area contributed by atoms with Gasteiger partial charge in [0.15, 0.2) is 0 Å². The SMILES string of the molecule is ClC1=CC=CN[N]1. The minimum absolute atomic E-state index is 0.488. The molecule has 3 heteroatoms. The van der Waals surface area contributed by atoms with Gasteiger partial charge >= 0.3 is 0 Å². The zero-order valence-corrected chi connectivity index (χ0v) is 4.31. The first-order chi connectivity index (χ1) is 3.39. The lowest BCUT2D eigenvalue weighted by Gasteiger charge is -2.00. The van der Waals surface area contributed by atoms with E-state index in [2.05, 4.69) is 10.9 Å². The number of nitrogens with one attached hydrogen (secondary N) is 1. The number of allylic oxidation sites excluding steroid dienone is 2. The van der Waals surface area contributed by atoms with Crippen LogP contribution < -0.4 is 10.9 Å². The summed E-state index contributed by atoms with van der Waals surface area (Å²) >= 11 is 5.40. The van der Waals surface area contributed by atoms with Crippen molar-refractivity contribution in [1.29, 1.82) is 0 Å². The normalized spacial score (nSPS) is 17.0. The smallest absolute Gasteiger partial charge is 0.149 e. The fourth-order valence-corrected chi connectivity index (χ4v) is 0.428. The Morgan fingerprint density at radius 3 is 2.86 bits per heavy atom. The van der Waals surface area contributed by atoms with Gasteiger partial charge in [0.1, 0.15) is 5.16 Å². The van der Waals surface area contributed by atoms with Crippen LogP contribution in [-0.2, 0) is 0 Å². The summed E-state index contributed by atoms with van der Waals surface area (Å²) in [4.78, 5) is 0. The molecule has 0 aromatic carbocycles. The molecule has 0 aliphatic carbocycles. The van der Waals surface area contributed by atoms with Crippen LogP contribution in [0.2, 0.25) is 0 Å². The quantitative estimate of drug-likeness (QED) is 0.462. The van der Waals surface area contributed by atoms with Crippen LogP contribution in [-0.4, -0.2) is 0 Å². The summed E-state index contributed by atoms with van der Waals surface area (Å²) in [5, 5.41) is 0.488. The van der Waals surface area contributed by atoms with Crippen molar-refractivity contribution in [3.63, 3.8) is 0 Å². The van der Waals surface area contributed by atoms with Gasteiger partial charge < -0.3 is 0 Å². The zero-order chi connectivity index (χ0) is 5.11. The first-order valence-corrected chi connectivity index (χ1v) is 2.26. The lowest BCUT2D eigenvalue weighted by molar-refractivity contribution is 0.736. The van der Waals surface area contributed by atoms with E-state index in [4.69, 9.17) is 11.6 Å². The highest BCUT2D eigenvalue weighted by molar-refractivity contribution is 6.29. The van der Waals surface area contributed by atoms with E-state index < -0.39 is 0 Å². The molecule has 0 saturated carbocycles. The van der Waals surface area contributed by atoms with Crippen LogP contribution in [0, 0.1) is 0 Å². The van der Waals surface area contributed by atoms with Crippen LogP contribution in [0.3, 0.4) is 0 Å². The molecular weight excluding hydrogens is 112 g/mol. The van der Waals surface area contributed by atoms with Gasteiger partial charge in [-0.2, -0.15) is 5.43 Å². The molecule has 37 valence electrons. The van der Waals surface area contributed by atoms with E-state index in [1.54, 1.807) is 18.4 Å². The summed E-state index contributed by atoms with van der Waals surface area (Å²) in [6.07, 6.45) is 5.19. The minimum Gasteiger partial charge on any atom is -0.284 e. The molecule has 1 rings (SSSR count). The third-order valence-corrected chi connectivity index (χ3v) is 0.786. The lowest BCUT2D eigenvalue weighted by Crippen LogP contribution is -2.17. The Morgan fingerprint density at radius 1 is 1.71 bits per heavy atom. The van der Waals surface area contributed by atoms with Gasteiger partial charge in [0.2, 0.25) is 0 Å². The second-order valence-electron chi connectivity index (χ2n) is 1.09. The molecule has 0 bridgehead atoms.